The standard InChI is InChI=1S/C25H20ClF2N5O2/c26-15-4-3-5-16(10-15)30-25(34)31-17-11-19(27)24(28)22(12-17)35-18-6-7-20-21(13-18)32-23(14-29-20)33-8-1-2-9-33/h3-7,10-14H,1-2,8-9H2,(H2,30,31,34). The number of urea groups is 1. The van der Waals surface area contributed by atoms with Crippen molar-refractivity contribution in [1.29, 1.82) is 0 Å². The number of ether oxygens (including phenoxy) is 1. The van der Waals surface area contributed by atoms with Crippen molar-refractivity contribution in [3.05, 3.63) is 77.5 Å². The summed E-state index contributed by atoms with van der Waals surface area (Å²) >= 11 is 5.91. The van der Waals surface area contributed by atoms with E-state index < -0.39 is 17.7 Å². The molecule has 0 unspecified atom stereocenters. The molecule has 7 nitrogen and oxygen atoms in total. The lowest BCUT2D eigenvalue weighted by molar-refractivity contribution is 0.262. The molecule has 3 aromatic carbocycles. The molecule has 10 heteroatoms. The molecule has 2 N–H and O–H groups in total. The first-order chi connectivity index (χ1) is 16.9. The third-order valence-corrected chi connectivity index (χ3v) is 5.73. The van der Waals surface area contributed by atoms with Crippen molar-refractivity contribution in [1.82, 2.24) is 9.97 Å². The number of fused-ring (bicyclic) bond motifs is 1. The number of carbonyl (C=O) groups is 1. The van der Waals surface area contributed by atoms with Gasteiger partial charge in [-0.3, -0.25) is 4.98 Å². The summed E-state index contributed by atoms with van der Waals surface area (Å²) in [7, 11) is 0. The molecule has 1 saturated heterocycles. The van der Waals surface area contributed by atoms with Gasteiger partial charge >= 0.3 is 6.03 Å². The van der Waals surface area contributed by atoms with Crippen LogP contribution in [0.1, 0.15) is 12.8 Å². The minimum atomic E-state index is -1.18. The summed E-state index contributed by atoms with van der Waals surface area (Å²) in [4.78, 5) is 23.5. The molecule has 4 aromatic rings. The van der Waals surface area contributed by atoms with Gasteiger partial charge in [0.2, 0.25) is 5.82 Å². The van der Waals surface area contributed by atoms with E-state index in [0.717, 1.165) is 37.8 Å². The normalized spacial score (nSPS) is 13.2. The number of anilines is 3. The highest BCUT2D eigenvalue weighted by Crippen LogP contribution is 2.31. The molecule has 2 amide bonds. The van der Waals surface area contributed by atoms with E-state index in [1.54, 1.807) is 48.7 Å². The predicted molar refractivity (Wildman–Crippen MR) is 132 cm³/mol. The molecule has 178 valence electrons. The van der Waals surface area contributed by atoms with Gasteiger partial charge in [0.1, 0.15) is 11.6 Å². The number of nitrogens with zero attached hydrogens (tertiary/aromatic N) is 3. The van der Waals surface area contributed by atoms with E-state index in [4.69, 9.17) is 16.3 Å². The smallest absolute Gasteiger partial charge is 0.323 e. The second-order valence-electron chi connectivity index (χ2n) is 8.03. The van der Waals surface area contributed by atoms with E-state index >= 15 is 0 Å². The van der Waals surface area contributed by atoms with E-state index in [9.17, 15) is 13.6 Å². The highest BCUT2D eigenvalue weighted by molar-refractivity contribution is 6.30. The molecular formula is C25H20ClF2N5O2. The summed E-state index contributed by atoms with van der Waals surface area (Å²) in [5.74, 6) is -1.71. The van der Waals surface area contributed by atoms with Crippen LogP contribution >= 0.6 is 11.6 Å². The molecule has 35 heavy (non-hydrogen) atoms. The quantitative estimate of drug-likeness (QED) is 0.326. The molecule has 0 radical (unpaired) electrons. The second-order valence-corrected chi connectivity index (χ2v) is 8.47. The van der Waals surface area contributed by atoms with Crippen LogP contribution in [0, 0.1) is 11.6 Å². The molecule has 1 aromatic heterocycles. The van der Waals surface area contributed by atoms with Crippen molar-refractivity contribution < 1.29 is 18.3 Å². The Bertz CT molecular complexity index is 1410. The Kier molecular flexibility index (Phi) is 6.33. The number of halogens is 3. The number of hydrogen-bond acceptors (Lipinski definition) is 5. The molecule has 0 bridgehead atoms. The van der Waals surface area contributed by atoms with Gasteiger partial charge in [-0.2, -0.15) is 4.39 Å². The second kappa shape index (κ2) is 9.71. The van der Waals surface area contributed by atoms with Crippen LogP contribution in [-0.2, 0) is 0 Å². The zero-order valence-electron chi connectivity index (χ0n) is 18.4. The maximum absolute atomic E-state index is 14.5. The summed E-state index contributed by atoms with van der Waals surface area (Å²) in [6.45, 7) is 1.84. The van der Waals surface area contributed by atoms with Crippen LogP contribution in [0.5, 0.6) is 11.5 Å². The van der Waals surface area contributed by atoms with Crippen molar-refractivity contribution in [3.63, 3.8) is 0 Å². The number of rotatable bonds is 5. The monoisotopic (exact) mass is 495 g/mol. The minimum Gasteiger partial charge on any atom is -0.454 e. The van der Waals surface area contributed by atoms with Gasteiger partial charge < -0.3 is 20.3 Å². The lowest BCUT2D eigenvalue weighted by Crippen LogP contribution is -2.19. The maximum atomic E-state index is 14.5. The fourth-order valence-electron chi connectivity index (χ4n) is 3.84. The van der Waals surface area contributed by atoms with Gasteiger partial charge in [-0.1, -0.05) is 17.7 Å². The molecule has 0 saturated carbocycles. The van der Waals surface area contributed by atoms with Gasteiger partial charge in [0.15, 0.2) is 11.6 Å². The fraction of sp³-hybridized carbons (Fsp3) is 0.160. The predicted octanol–water partition coefficient (Wildman–Crippen LogP) is 6.60. The van der Waals surface area contributed by atoms with Crippen LogP contribution < -0.4 is 20.3 Å². The summed E-state index contributed by atoms with van der Waals surface area (Å²) in [5.41, 5.74) is 1.68. The largest absolute Gasteiger partial charge is 0.454 e. The first-order valence-corrected chi connectivity index (χ1v) is 11.3. The molecule has 0 atom stereocenters. The number of nitrogens with one attached hydrogen (secondary N) is 2. The van der Waals surface area contributed by atoms with E-state index in [1.807, 2.05) is 0 Å². The zero-order valence-corrected chi connectivity index (χ0v) is 19.1. The van der Waals surface area contributed by atoms with Crippen molar-refractivity contribution in [2.75, 3.05) is 28.6 Å². The van der Waals surface area contributed by atoms with Gasteiger partial charge in [0.25, 0.3) is 0 Å². The summed E-state index contributed by atoms with van der Waals surface area (Å²) in [6, 6.07) is 12.8. The first kappa shape index (κ1) is 22.8. The molecule has 0 aliphatic carbocycles. The molecule has 1 aliphatic heterocycles. The van der Waals surface area contributed by atoms with E-state index in [1.165, 1.54) is 6.07 Å². The average molecular weight is 496 g/mol. The average Bonchev–Trinajstić information content (AvgIpc) is 3.37. The first-order valence-electron chi connectivity index (χ1n) is 11.0. The van der Waals surface area contributed by atoms with Crippen LogP contribution in [0.4, 0.5) is 30.8 Å². The van der Waals surface area contributed by atoms with Gasteiger partial charge in [0, 0.05) is 47.7 Å². The third kappa shape index (κ3) is 5.25. The highest BCUT2D eigenvalue weighted by Gasteiger charge is 2.17. The maximum Gasteiger partial charge on any atom is 0.323 e. The van der Waals surface area contributed by atoms with Gasteiger partial charge in [-0.25, -0.2) is 14.2 Å². The number of aromatic nitrogens is 2. The lowest BCUT2D eigenvalue weighted by Gasteiger charge is -2.16. The topological polar surface area (TPSA) is 79.4 Å². The Hall–Kier alpha value is -3.98. The lowest BCUT2D eigenvalue weighted by atomic mass is 10.2. The number of amides is 2. The van der Waals surface area contributed by atoms with Crippen LogP contribution in [-0.4, -0.2) is 29.1 Å². The van der Waals surface area contributed by atoms with Gasteiger partial charge in [-0.05, 0) is 43.2 Å². The Morgan fingerprint density at radius 1 is 0.971 bits per heavy atom. The molecule has 5 rings (SSSR count). The Balaban J connectivity index is 1.36. The molecule has 2 heterocycles. The molecule has 1 aliphatic rings. The summed E-state index contributed by atoms with van der Waals surface area (Å²) in [6.07, 6.45) is 3.94. The van der Waals surface area contributed by atoms with Crippen LogP contribution in [0.3, 0.4) is 0 Å². The van der Waals surface area contributed by atoms with Gasteiger partial charge in [0.05, 0.1) is 17.2 Å². The van der Waals surface area contributed by atoms with E-state index in [-0.39, 0.29) is 17.2 Å². The Labute approximate surface area is 204 Å². The summed E-state index contributed by atoms with van der Waals surface area (Å²) in [5, 5.41) is 5.48. The van der Waals surface area contributed by atoms with Crippen molar-refractivity contribution in [2.24, 2.45) is 0 Å². The molecule has 1 fully saturated rings. The van der Waals surface area contributed by atoms with E-state index in [0.29, 0.717) is 21.7 Å². The molecule has 0 spiro atoms. The third-order valence-electron chi connectivity index (χ3n) is 5.49. The minimum absolute atomic E-state index is 0.00956. The van der Waals surface area contributed by atoms with Crippen molar-refractivity contribution in [2.45, 2.75) is 12.8 Å². The van der Waals surface area contributed by atoms with Crippen LogP contribution in [0.2, 0.25) is 5.02 Å². The number of hydrogen-bond donors (Lipinski definition) is 2. The van der Waals surface area contributed by atoms with Gasteiger partial charge in [-0.15, -0.1) is 0 Å². The fourth-order valence-corrected chi connectivity index (χ4v) is 4.03. The Morgan fingerprint density at radius 2 is 1.77 bits per heavy atom. The summed E-state index contributed by atoms with van der Waals surface area (Å²) < 4.78 is 34.4. The van der Waals surface area contributed by atoms with Crippen LogP contribution in [0.25, 0.3) is 11.0 Å². The molecular weight excluding hydrogens is 476 g/mol. The number of carbonyl (C=O) groups excluding carboxylic acids is 1. The van der Waals surface area contributed by atoms with E-state index in [2.05, 4.69) is 25.5 Å². The number of benzene rings is 3. The van der Waals surface area contributed by atoms with Crippen molar-refractivity contribution >= 4 is 45.9 Å². The van der Waals surface area contributed by atoms with Crippen LogP contribution in [0.15, 0.2) is 60.8 Å². The zero-order chi connectivity index (χ0) is 24.4. The SMILES string of the molecule is O=C(Nc1cccc(Cl)c1)Nc1cc(F)c(F)c(Oc2ccc3ncc(N4CCCC4)nc3c2)c1. The van der Waals surface area contributed by atoms with Crippen molar-refractivity contribution in [3.8, 4) is 11.5 Å². The Morgan fingerprint density at radius 3 is 2.57 bits per heavy atom. The highest BCUT2D eigenvalue weighted by atomic mass is 35.5.